The molecule has 0 spiro atoms. The summed E-state index contributed by atoms with van der Waals surface area (Å²) in [6, 6.07) is 0. The average Bonchev–Trinajstić information content (AvgIpc) is 2.82. The van der Waals surface area contributed by atoms with Gasteiger partial charge in [0.15, 0.2) is 5.03 Å². The highest BCUT2D eigenvalue weighted by atomic mass is 32.2. The van der Waals surface area contributed by atoms with E-state index in [0.29, 0.717) is 12.5 Å². The average molecular weight is 244 g/mol. The first-order valence-corrected chi connectivity index (χ1v) is 6.85. The van der Waals surface area contributed by atoms with Gasteiger partial charge in [0.1, 0.15) is 0 Å². The van der Waals surface area contributed by atoms with E-state index in [-0.39, 0.29) is 5.03 Å². The van der Waals surface area contributed by atoms with Gasteiger partial charge in [0.2, 0.25) is 0 Å². The van der Waals surface area contributed by atoms with Crippen LogP contribution in [0.5, 0.6) is 0 Å². The second-order valence-electron chi connectivity index (χ2n) is 3.98. The molecule has 1 aromatic rings. The molecule has 0 amide bonds. The minimum atomic E-state index is -3.41. The van der Waals surface area contributed by atoms with Crippen molar-refractivity contribution in [2.75, 3.05) is 19.6 Å². The van der Waals surface area contributed by atoms with Gasteiger partial charge in [-0.1, -0.05) is 0 Å². The van der Waals surface area contributed by atoms with Crippen molar-refractivity contribution in [2.24, 2.45) is 5.92 Å². The summed E-state index contributed by atoms with van der Waals surface area (Å²) in [4.78, 5) is 6.28. The summed E-state index contributed by atoms with van der Waals surface area (Å²) in [6.45, 7) is 2.39. The largest absolute Gasteiger partial charge is 0.335 e. The van der Waals surface area contributed by atoms with E-state index in [1.165, 1.54) is 12.5 Å². The molecule has 2 heterocycles. The van der Waals surface area contributed by atoms with Crippen LogP contribution in [0, 0.1) is 5.92 Å². The smallest absolute Gasteiger partial charge is 0.257 e. The molecular weight excluding hydrogens is 228 g/mol. The number of rotatable bonds is 4. The third-order valence-electron chi connectivity index (χ3n) is 2.72. The number of imidazole rings is 1. The highest BCUT2D eigenvalue weighted by molar-refractivity contribution is 7.89. The molecule has 2 rings (SSSR count). The Labute approximate surface area is 94.9 Å². The first kappa shape index (κ1) is 11.6. The topological polar surface area (TPSA) is 86.9 Å². The fourth-order valence-electron chi connectivity index (χ4n) is 1.79. The monoisotopic (exact) mass is 244 g/mol. The Bertz CT molecular complexity index is 409. The van der Waals surface area contributed by atoms with E-state index >= 15 is 0 Å². The molecule has 0 saturated carbocycles. The van der Waals surface area contributed by atoms with Crippen LogP contribution in [0.3, 0.4) is 0 Å². The summed E-state index contributed by atoms with van der Waals surface area (Å²) in [6.07, 6.45) is 4.84. The van der Waals surface area contributed by atoms with Crippen LogP contribution in [-0.2, 0) is 10.0 Å². The van der Waals surface area contributed by atoms with Crippen molar-refractivity contribution in [3.63, 3.8) is 0 Å². The van der Waals surface area contributed by atoms with Crippen molar-refractivity contribution in [1.82, 2.24) is 20.0 Å². The van der Waals surface area contributed by atoms with E-state index in [2.05, 4.69) is 20.0 Å². The van der Waals surface area contributed by atoms with Gasteiger partial charge < -0.3 is 10.3 Å². The number of piperidine rings is 1. The fraction of sp³-hybridized carbons (Fsp3) is 0.667. The maximum Gasteiger partial charge on any atom is 0.257 e. The molecule has 1 saturated heterocycles. The Morgan fingerprint density at radius 3 is 3.06 bits per heavy atom. The molecule has 1 aliphatic heterocycles. The molecule has 7 heteroatoms. The number of hydrogen-bond donors (Lipinski definition) is 3. The number of aromatic nitrogens is 2. The van der Waals surface area contributed by atoms with E-state index in [0.717, 1.165) is 25.9 Å². The van der Waals surface area contributed by atoms with Crippen LogP contribution in [-0.4, -0.2) is 38.0 Å². The van der Waals surface area contributed by atoms with Crippen LogP contribution in [0.2, 0.25) is 0 Å². The summed E-state index contributed by atoms with van der Waals surface area (Å²) in [5.41, 5.74) is 0. The van der Waals surface area contributed by atoms with E-state index in [1.54, 1.807) is 0 Å². The second kappa shape index (κ2) is 4.94. The number of sulfonamides is 1. The molecule has 1 atom stereocenters. The van der Waals surface area contributed by atoms with Crippen molar-refractivity contribution in [2.45, 2.75) is 17.9 Å². The molecule has 1 fully saturated rings. The standard InChI is InChI=1S/C9H16N4O2S/c14-16(15,9-6-11-7-12-9)13-5-8-2-1-3-10-4-8/h6-8,10,13H,1-5H2,(H,11,12). The number of nitrogens with one attached hydrogen (secondary N) is 3. The van der Waals surface area contributed by atoms with Gasteiger partial charge in [0.25, 0.3) is 10.0 Å². The minimum absolute atomic E-state index is 0.122. The Morgan fingerprint density at radius 2 is 2.44 bits per heavy atom. The lowest BCUT2D eigenvalue weighted by atomic mass is 10.0. The molecule has 3 N–H and O–H groups in total. The molecular formula is C9H16N4O2S. The second-order valence-corrected chi connectivity index (χ2v) is 5.72. The van der Waals surface area contributed by atoms with Gasteiger partial charge in [0.05, 0.1) is 12.5 Å². The third-order valence-corrected chi connectivity index (χ3v) is 4.07. The molecule has 16 heavy (non-hydrogen) atoms. The van der Waals surface area contributed by atoms with Crippen LogP contribution >= 0.6 is 0 Å². The van der Waals surface area contributed by atoms with Gasteiger partial charge >= 0.3 is 0 Å². The Morgan fingerprint density at radius 1 is 1.56 bits per heavy atom. The summed E-state index contributed by atoms with van der Waals surface area (Å²) in [5, 5.41) is 3.37. The van der Waals surface area contributed by atoms with Crippen LogP contribution in [0.1, 0.15) is 12.8 Å². The Hall–Kier alpha value is -0.920. The Balaban J connectivity index is 1.89. The zero-order valence-corrected chi connectivity index (χ0v) is 9.76. The van der Waals surface area contributed by atoms with Crippen molar-refractivity contribution < 1.29 is 8.42 Å². The lowest BCUT2D eigenvalue weighted by Crippen LogP contribution is -2.38. The highest BCUT2D eigenvalue weighted by Gasteiger charge is 2.19. The maximum absolute atomic E-state index is 11.7. The number of nitrogens with zero attached hydrogens (tertiary/aromatic N) is 1. The molecule has 0 bridgehead atoms. The van der Waals surface area contributed by atoms with Gasteiger partial charge in [-0.25, -0.2) is 18.1 Å². The van der Waals surface area contributed by atoms with E-state index in [4.69, 9.17) is 0 Å². The van der Waals surface area contributed by atoms with Gasteiger partial charge in [-0.2, -0.15) is 0 Å². The predicted molar refractivity (Wildman–Crippen MR) is 59.4 cm³/mol. The van der Waals surface area contributed by atoms with Gasteiger partial charge in [-0.15, -0.1) is 0 Å². The number of H-pyrrole nitrogens is 1. The summed E-state index contributed by atoms with van der Waals surface area (Å²) < 4.78 is 26.1. The van der Waals surface area contributed by atoms with E-state index in [9.17, 15) is 8.42 Å². The number of aromatic amines is 1. The van der Waals surface area contributed by atoms with Gasteiger partial charge in [0, 0.05) is 6.54 Å². The van der Waals surface area contributed by atoms with E-state index < -0.39 is 10.0 Å². The summed E-state index contributed by atoms with van der Waals surface area (Å²) >= 11 is 0. The van der Waals surface area contributed by atoms with E-state index in [1.807, 2.05) is 0 Å². The molecule has 90 valence electrons. The molecule has 0 aliphatic carbocycles. The maximum atomic E-state index is 11.7. The first-order valence-electron chi connectivity index (χ1n) is 5.37. The first-order chi connectivity index (χ1) is 7.68. The van der Waals surface area contributed by atoms with Crippen molar-refractivity contribution in [1.29, 1.82) is 0 Å². The SMILES string of the molecule is O=S(=O)(NCC1CCCNC1)c1cnc[nH]1. The molecule has 6 nitrogen and oxygen atoms in total. The lowest BCUT2D eigenvalue weighted by molar-refractivity contribution is 0.375. The molecule has 1 unspecified atom stereocenters. The van der Waals surface area contributed by atoms with Crippen molar-refractivity contribution in [3.05, 3.63) is 12.5 Å². The quantitative estimate of drug-likeness (QED) is 0.678. The van der Waals surface area contributed by atoms with Crippen LogP contribution in [0.25, 0.3) is 0 Å². The lowest BCUT2D eigenvalue weighted by Gasteiger charge is -2.22. The van der Waals surface area contributed by atoms with Gasteiger partial charge in [-0.05, 0) is 31.8 Å². The fourth-order valence-corrected chi connectivity index (χ4v) is 2.81. The van der Waals surface area contributed by atoms with Crippen molar-refractivity contribution >= 4 is 10.0 Å². The molecule has 1 aromatic heterocycles. The van der Waals surface area contributed by atoms with Gasteiger partial charge in [-0.3, -0.25) is 0 Å². The summed E-state index contributed by atoms with van der Waals surface area (Å²) in [5.74, 6) is 0.381. The Kier molecular flexibility index (Phi) is 3.57. The predicted octanol–water partition coefficient (Wildman–Crippen LogP) is -0.312. The number of hydrogen-bond acceptors (Lipinski definition) is 4. The van der Waals surface area contributed by atoms with Crippen LogP contribution < -0.4 is 10.0 Å². The third kappa shape index (κ3) is 2.81. The van der Waals surface area contributed by atoms with Crippen LogP contribution in [0.4, 0.5) is 0 Å². The zero-order valence-electron chi connectivity index (χ0n) is 8.94. The molecule has 0 aromatic carbocycles. The van der Waals surface area contributed by atoms with Crippen molar-refractivity contribution in [3.8, 4) is 0 Å². The molecule has 0 radical (unpaired) electrons. The molecule has 1 aliphatic rings. The summed E-state index contributed by atoms with van der Waals surface area (Å²) in [7, 11) is -3.41. The zero-order chi connectivity index (χ0) is 11.4. The van der Waals surface area contributed by atoms with Crippen LogP contribution in [0.15, 0.2) is 17.6 Å². The highest BCUT2D eigenvalue weighted by Crippen LogP contribution is 2.10. The normalized spacial score (nSPS) is 22.1. The minimum Gasteiger partial charge on any atom is -0.335 e.